The molecule has 0 saturated carbocycles. The van der Waals surface area contributed by atoms with Crippen molar-refractivity contribution in [2.45, 2.75) is 6.18 Å². The van der Waals surface area contributed by atoms with Crippen LogP contribution >= 0.6 is 0 Å². The van der Waals surface area contributed by atoms with E-state index in [0.717, 1.165) is 12.1 Å². The summed E-state index contributed by atoms with van der Waals surface area (Å²) < 4.78 is 48.5. The van der Waals surface area contributed by atoms with Crippen molar-refractivity contribution in [3.05, 3.63) is 17.7 Å². The van der Waals surface area contributed by atoms with E-state index in [0.29, 0.717) is 5.75 Å². The minimum absolute atomic E-state index is 0.0308. The van der Waals surface area contributed by atoms with Crippen molar-refractivity contribution in [3.8, 4) is 0 Å². The molecule has 18 heavy (non-hydrogen) atoms. The molecule has 0 fully saturated rings. The van der Waals surface area contributed by atoms with Gasteiger partial charge in [0, 0.05) is 29.4 Å². The van der Waals surface area contributed by atoms with Gasteiger partial charge in [-0.05, 0) is 12.1 Å². The van der Waals surface area contributed by atoms with E-state index >= 15 is 0 Å². The standard InChI is InChI=1S/C9H13F3N4OS/c1-18(17)3-2-14-7-4-6(9(10,11)12)5-8(15-7)16-13/h4-5H,2-3,13H2,1H3,(H2,14,15,16). The van der Waals surface area contributed by atoms with Crippen molar-refractivity contribution < 1.29 is 17.4 Å². The quantitative estimate of drug-likeness (QED) is 0.558. The normalized spacial score (nSPS) is 13.2. The molecule has 1 aromatic rings. The largest absolute Gasteiger partial charge is 0.416 e. The van der Waals surface area contributed by atoms with E-state index in [-0.39, 0.29) is 18.2 Å². The SMILES string of the molecule is CS(=O)CCNc1cc(C(F)(F)F)cc(NN)n1. The van der Waals surface area contributed by atoms with Gasteiger partial charge in [0.05, 0.1) is 5.56 Å². The lowest BCUT2D eigenvalue weighted by Gasteiger charge is -2.12. The first-order valence-electron chi connectivity index (χ1n) is 4.92. The molecule has 0 spiro atoms. The van der Waals surface area contributed by atoms with Crippen LogP contribution in [0.2, 0.25) is 0 Å². The maximum absolute atomic E-state index is 12.6. The molecular weight excluding hydrogens is 269 g/mol. The number of alkyl halides is 3. The van der Waals surface area contributed by atoms with E-state index in [1.165, 1.54) is 6.26 Å². The lowest BCUT2D eigenvalue weighted by atomic mass is 10.2. The fraction of sp³-hybridized carbons (Fsp3) is 0.444. The van der Waals surface area contributed by atoms with Crippen LogP contribution in [0.25, 0.3) is 0 Å². The molecule has 1 atom stereocenters. The molecule has 0 amide bonds. The van der Waals surface area contributed by atoms with Crippen LogP contribution in [0.15, 0.2) is 12.1 Å². The zero-order valence-electron chi connectivity index (χ0n) is 9.54. The van der Waals surface area contributed by atoms with E-state index in [9.17, 15) is 17.4 Å². The van der Waals surface area contributed by atoms with E-state index in [1.54, 1.807) is 0 Å². The number of nitrogens with one attached hydrogen (secondary N) is 2. The zero-order valence-corrected chi connectivity index (χ0v) is 10.4. The van der Waals surface area contributed by atoms with Gasteiger partial charge in [-0.2, -0.15) is 13.2 Å². The summed E-state index contributed by atoms with van der Waals surface area (Å²) >= 11 is 0. The first kappa shape index (κ1) is 14.7. The van der Waals surface area contributed by atoms with E-state index in [4.69, 9.17) is 5.84 Å². The third kappa shape index (κ3) is 4.49. The van der Waals surface area contributed by atoms with Gasteiger partial charge in [-0.15, -0.1) is 0 Å². The number of rotatable bonds is 5. The average Bonchev–Trinajstić information content (AvgIpc) is 2.27. The summed E-state index contributed by atoms with van der Waals surface area (Å²) in [7, 11) is -1.02. The second-order valence-electron chi connectivity index (χ2n) is 3.47. The maximum Gasteiger partial charge on any atom is 0.416 e. The Hall–Kier alpha value is -1.35. The highest BCUT2D eigenvalue weighted by atomic mass is 32.2. The van der Waals surface area contributed by atoms with Crippen molar-refractivity contribution >= 4 is 22.4 Å². The third-order valence-electron chi connectivity index (χ3n) is 2.00. The van der Waals surface area contributed by atoms with Crippen molar-refractivity contribution in [2.24, 2.45) is 5.84 Å². The van der Waals surface area contributed by atoms with Gasteiger partial charge in [0.15, 0.2) is 0 Å². The Bertz CT molecular complexity index is 438. The van der Waals surface area contributed by atoms with Gasteiger partial charge < -0.3 is 10.7 Å². The van der Waals surface area contributed by atoms with E-state index < -0.39 is 22.5 Å². The molecule has 4 N–H and O–H groups in total. The molecule has 0 aliphatic carbocycles. The number of halogens is 3. The summed E-state index contributed by atoms with van der Waals surface area (Å²) in [6.07, 6.45) is -2.97. The summed E-state index contributed by atoms with van der Waals surface area (Å²) in [5.74, 6) is 5.31. The van der Waals surface area contributed by atoms with Gasteiger partial charge in [0.25, 0.3) is 0 Å². The Morgan fingerprint density at radius 3 is 2.50 bits per heavy atom. The molecule has 0 bridgehead atoms. The second kappa shape index (κ2) is 6.01. The van der Waals surface area contributed by atoms with Crippen LogP contribution in [-0.4, -0.2) is 27.7 Å². The number of hydrogen-bond acceptors (Lipinski definition) is 5. The molecule has 1 rings (SSSR count). The highest BCUT2D eigenvalue weighted by Crippen LogP contribution is 2.31. The third-order valence-corrected chi connectivity index (χ3v) is 2.78. The predicted octanol–water partition coefficient (Wildman–Crippen LogP) is 1.18. The van der Waals surface area contributed by atoms with Crippen LogP contribution in [0.5, 0.6) is 0 Å². The molecule has 0 aliphatic heterocycles. The van der Waals surface area contributed by atoms with Gasteiger partial charge in [0.1, 0.15) is 11.6 Å². The zero-order chi connectivity index (χ0) is 13.8. The van der Waals surface area contributed by atoms with Crippen molar-refractivity contribution in [1.82, 2.24) is 4.98 Å². The number of nitrogens with two attached hydrogens (primary N) is 1. The van der Waals surface area contributed by atoms with Crippen LogP contribution in [0.4, 0.5) is 24.8 Å². The van der Waals surface area contributed by atoms with Crippen LogP contribution in [0.1, 0.15) is 5.56 Å². The fourth-order valence-corrected chi connectivity index (χ4v) is 1.57. The van der Waals surface area contributed by atoms with E-state index in [1.807, 2.05) is 0 Å². The summed E-state index contributed by atoms with van der Waals surface area (Å²) in [4.78, 5) is 3.82. The molecule has 0 radical (unpaired) electrons. The van der Waals surface area contributed by atoms with Gasteiger partial charge in [-0.25, -0.2) is 10.8 Å². The van der Waals surface area contributed by atoms with Crippen LogP contribution in [0.3, 0.4) is 0 Å². The molecule has 0 aliphatic rings. The van der Waals surface area contributed by atoms with Crippen LogP contribution in [0, 0.1) is 0 Å². The number of pyridine rings is 1. The Morgan fingerprint density at radius 2 is 2.00 bits per heavy atom. The molecule has 1 heterocycles. The molecule has 1 unspecified atom stereocenters. The van der Waals surface area contributed by atoms with Gasteiger partial charge in [-0.3, -0.25) is 4.21 Å². The van der Waals surface area contributed by atoms with E-state index in [2.05, 4.69) is 15.7 Å². The van der Waals surface area contributed by atoms with Crippen molar-refractivity contribution in [2.75, 3.05) is 29.3 Å². The molecule has 9 heteroatoms. The minimum atomic E-state index is -4.47. The Labute approximate surface area is 104 Å². The lowest BCUT2D eigenvalue weighted by Crippen LogP contribution is -2.15. The van der Waals surface area contributed by atoms with Gasteiger partial charge in [0.2, 0.25) is 0 Å². The molecule has 102 valence electrons. The summed E-state index contributed by atoms with van der Waals surface area (Å²) in [6, 6.07) is 1.68. The number of nitrogen functional groups attached to an aromatic ring is 1. The van der Waals surface area contributed by atoms with Crippen molar-refractivity contribution in [1.29, 1.82) is 0 Å². The van der Waals surface area contributed by atoms with Gasteiger partial charge in [-0.1, -0.05) is 0 Å². The molecular formula is C9H13F3N4OS. The molecule has 0 saturated heterocycles. The number of hydrogen-bond donors (Lipinski definition) is 3. The smallest absolute Gasteiger partial charge is 0.369 e. The Morgan fingerprint density at radius 1 is 1.39 bits per heavy atom. The fourth-order valence-electron chi connectivity index (χ4n) is 1.18. The minimum Gasteiger partial charge on any atom is -0.369 e. The topological polar surface area (TPSA) is 80.0 Å². The Balaban J connectivity index is 2.87. The monoisotopic (exact) mass is 282 g/mol. The summed E-state index contributed by atoms with van der Waals surface area (Å²) in [5.41, 5.74) is 1.21. The average molecular weight is 282 g/mol. The first-order chi connectivity index (χ1) is 8.32. The number of anilines is 2. The molecule has 1 aromatic heterocycles. The summed E-state index contributed by atoms with van der Waals surface area (Å²) in [6.45, 7) is 0.265. The van der Waals surface area contributed by atoms with Crippen molar-refractivity contribution in [3.63, 3.8) is 0 Å². The van der Waals surface area contributed by atoms with Crippen LogP contribution in [-0.2, 0) is 17.0 Å². The van der Waals surface area contributed by atoms with Gasteiger partial charge >= 0.3 is 6.18 Å². The van der Waals surface area contributed by atoms with Crippen LogP contribution < -0.4 is 16.6 Å². The highest BCUT2D eigenvalue weighted by molar-refractivity contribution is 7.84. The summed E-state index contributed by atoms with van der Waals surface area (Å²) in [5, 5.41) is 2.66. The first-order valence-corrected chi connectivity index (χ1v) is 6.65. The second-order valence-corrected chi connectivity index (χ2v) is 5.03. The molecule has 5 nitrogen and oxygen atoms in total. The number of hydrazine groups is 1. The number of aromatic nitrogens is 1. The lowest BCUT2D eigenvalue weighted by molar-refractivity contribution is -0.137. The molecule has 0 aromatic carbocycles. The number of nitrogens with zero attached hydrogens (tertiary/aromatic N) is 1. The highest BCUT2D eigenvalue weighted by Gasteiger charge is 2.31. The Kier molecular flexibility index (Phi) is 4.91. The predicted molar refractivity (Wildman–Crippen MR) is 64.5 cm³/mol. The maximum atomic E-state index is 12.6.